The number of nitrogens with one attached hydrogen (secondary N) is 1. The van der Waals surface area contributed by atoms with Gasteiger partial charge in [0.15, 0.2) is 0 Å². The van der Waals surface area contributed by atoms with Crippen molar-refractivity contribution in [2.45, 2.75) is 51.0 Å². The second-order valence-corrected chi connectivity index (χ2v) is 7.66. The Balaban J connectivity index is 1.53. The van der Waals surface area contributed by atoms with Gasteiger partial charge in [0.25, 0.3) is 0 Å². The molecule has 1 saturated carbocycles. The van der Waals surface area contributed by atoms with Crippen LogP contribution in [0.3, 0.4) is 0 Å². The fourth-order valence-corrected chi connectivity index (χ4v) is 4.42. The van der Waals surface area contributed by atoms with Crippen LogP contribution < -0.4 is 5.32 Å². The van der Waals surface area contributed by atoms with Crippen LogP contribution in [0.1, 0.15) is 43.2 Å². The van der Waals surface area contributed by atoms with E-state index in [0.717, 1.165) is 13.0 Å². The second kappa shape index (κ2) is 7.26. The van der Waals surface area contributed by atoms with Crippen LogP contribution in [-0.4, -0.2) is 24.3 Å². The molecular weight excluding hydrogens is 326 g/mol. The molecule has 21 heavy (non-hydrogen) atoms. The molecule has 3 rings (SSSR count). The van der Waals surface area contributed by atoms with Gasteiger partial charge in [-0.1, -0.05) is 34.8 Å². The highest BCUT2D eigenvalue weighted by molar-refractivity contribution is 9.10. The first-order valence-corrected chi connectivity index (χ1v) is 9.17. The lowest BCUT2D eigenvalue weighted by Crippen LogP contribution is -2.40. The van der Waals surface area contributed by atoms with Crippen molar-refractivity contribution in [2.75, 3.05) is 13.2 Å². The summed E-state index contributed by atoms with van der Waals surface area (Å²) < 4.78 is 1.20. The van der Waals surface area contributed by atoms with Crippen molar-refractivity contribution in [3.8, 4) is 0 Å². The first kappa shape index (κ1) is 15.5. The topological polar surface area (TPSA) is 32.3 Å². The monoisotopic (exact) mass is 351 g/mol. The number of aryl methyl sites for hydroxylation is 1. The van der Waals surface area contributed by atoms with Gasteiger partial charge in [-0.15, -0.1) is 0 Å². The molecule has 3 unspecified atom stereocenters. The summed E-state index contributed by atoms with van der Waals surface area (Å²) in [6.07, 6.45) is 8.70. The minimum atomic E-state index is 0.369. The molecule has 3 atom stereocenters. The molecule has 0 amide bonds. The van der Waals surface area contributed by atoms with E-state index in [0.29, 0.717) is 24.5 Å². The standard InChI is InChI=1S/C18H26BrNO/c19-17-7-5-14-10-18(8-6-13(14)9-17)20-11-15-3-1-2-4-16(15)12-21/h5,7,9,15-16,18,20-21H,1-4,6,8,10-12H2. The zero-order valence-corrected chi connectivity index (χ0v) is 14.2. The first-order chi connectivity index (χ1) is 10.3. The smallest absolute Gasteiger partial charge is 0.0462 e. The Kier molecular flexibility index (Phi) is 5.36. The molecule has 1 aromatic carbocycles. The van der Waals surface area contributed by atoms with Crippen LogP contribution >= 0.6 is 15.9 Å². The van der Waals surface area contributed by atoms with Crippen LogP contribution in [0.5, 0.6) is 0 Å². The molecule has 0 aromatic heterocycles. The van der Waals surface area contributed by atoms with Crippen LogP contribution in [0.2, 0.25) is 0 Å². The highest BCUT2D eigenvalue weighted by Crippen LogP contribution is 2.30. The van der Waals surface area contributed by atoms with Crippen LogP contribution in [0.25, 0.3) is 0 Å². The van der Waals surface area contributed by atoms with Gasteiger partial charge in [-0.25, -0.2) is 0 Å². The molecule has 2 nitrogen and oxygen atoms in total. The quantitative estimate of drug-likeness (QED) is 0.866. The summed E-state index contributed by atoms with van der Waals surface area (Å²) in [7, 11) is 0. The minimum Gasteiger partial charge on any atom is -0.396 e. The maximum absolute atomic E-state index is 9.52. The average Bonchev–Trinajstić information content (AvgIpc) is 2.53. The lowest BCUT2D eigenvalue weighted by molar-refractivity contribution is 0.130. The molecule has 3 heteroatoms. The average molecular weight is 352 g/mol. The second-order valence-electron chi connectivity index (χ2n) is 6.75. The third-order valence-corrected chi connectivity index (χ3v) is 5.86. The number of aliphatic hydroxyl groups is 1. The summed E-state index contributed by atoms with van der Waals surface area (Å²) in [5.41, 5.74) is 3.01. The largest absolute Gasteiger partial charge is 0.396 e. The van der Waals surface area contributed by atoms with Crippen molar-refractivity contribution >= 4 is 15.9 Å². The van der Waals surface area contributed by atoms with Crippen molar-refractivity contribution in [3.63, 3.8) is 0 Å². The zero-order chi connectivity index (χ0) is 14.7. The molecule has 0 saturated heterocycles. The third-order valence-electron chi connectivity index (χ3n) is 5.37. The molecular formula is C18H26BrNO. The number of benzene rings is 1. The summed E-state index contributed by atoms with van der Waals surface area (Å²) in [6, 6.07) is 7.31. The van der Waals surface area contributed by atoms with Gasteiger partial charge < -0.3 is 10.4 Å². The Morgan fingerprint density at radius 2 is 1.90 bits per heavy atom. The number of hydrogen-bond donors (Lipinski definition) is 2. The van der Waals surface area contributed by atoms with Gasteiger partial charge in [0, 0.05) is 17.1 Å². The van der Waals surface area contributed by atoms with E-state index in [4.69, 9.17) is 0 Å². The highest BCUT2D eigenvalue weighted by atomic mass is 79.9. The third kappa shape index (κ3) is 3.88. The van der Waals surface area contributed by atoms with Crippen LogP contribution in [0, 0.1) is 11.8 Å². The molecule has 0 bridgehead atoms. The predicted molar refractivity (Wildman–Crippen MR) is 90.5 cm³/mol. The Morgan fingerprint density at radius 1 is 1.10 bits per heavy atom. The maximum Gasteiger partial charge on any atom is 0.0462 e. The Morgan fingerprint density at radius 3 is 2.71 bits per heavy atom. The van der Waals surface area contributed by atoms with Gasteiger partial charge in [0.05, 0.1) is 0 Å². The lowest BCUT2D eigenvalue weighted by atomic mass is 9.79. The number of aliphatic hydroxyl groups excluding tert-OH is 1. The van der Waals surface area contributed by atoms with Gasteiger partial charge in [-0.3, -0.25) is 0 Å². The number of halogens is 1. The molecule has 0 heterocycles. The van der Waals surface area contributed by atoms with Gasteiger partial charge in [-0.05, 0) is 73.7 Å². The molecule has 116 valence electrons. The number of rotatable bonds is 4. The molecule has 1 fully saturated rings. The van der Waals surface area contributed by atoms with E-state index in [1.54, 1.807) is 0 Å². The van der Waals surface area contributed by atoms with Gasteiger partial charge in [0.1, 0.15) is 0 Å². The molecule has 2 aliphatic rings. The van der Waals surface area contributed by atoms with Gasteiger partial charge >= 0.3 is 0 Å². The number of hydrogen-bond acceptors (Lipinski definition) is 2. The molecule has 2 aliphatic carbocycles. The lowest BCUT2D eigenvalue weighted by Gasteiger charge is -2.33. The van der Waals surface area contributed by atoms with E-state index in [1.807, 2.05) is 0 Å². The SMILES string of the molecule is OCC1CCCCC1CNC1CCc2cc(Br)ccc2C1. The highest BCUT2D eigenvalue weighted by Gasteiger charge is 2.26. The van der Waals surface area contributed by atoms with Crippen molar-refractivity contribution < 1.29 is 5.11 Å². The summed E-state index contributed by atoms with van der Waals surface area (Å²) >= 11 is 3.56. The van der Waals surface area contributed by atoms with Gasteiger partial charge in [0.2, 0.25) is 0 Å². The normalized spacial score (nSPS) is 29.1. The van der Waals surface area contributed by atoms with Crippen LogP contribution in [0.15, 0.2) is 22.7 Å². The fraction of sp³-hybridized carbons (Fsp3) is 0.667. The van der Waals surface area contributed by atoms with E-state index in [2.05, 4.69) is 39.4 Å². The molecule has 1 aromatic rings. The van der Waals surface area contributed by atoms with Crippen LogP contribution in [-0.2, 0) is 12.8 Å². The Bertz CT molecular complexity index is 476. The van der Waals surface area contributed by atoms with Crippen molar-refractivity contribution in [2.24, 2.45) is 11.8 Å². The minimum absolute atomic E-state index is 0.369. The Hall–Kier alpha value is -0.380. The molecule has 2 N–H and O–H groups in total. The van der Waals surface area contributed by atoms with Crippen LogP contribution in [0.4, 0.5) is 0 Å². The van der Waals surface area contributed by atoms with Crippen molar-refractivity contribution in [1.29, 1.82) is 0 Å². The number of fused-ring (bicyclic) bond motifs is 1. The van der Waals surface area contributed by atoms with E-state index < -0.39 is 0 Å². The summed E-state index contributed by atoms with van der Waals surface area (Å²) in [6.45, 7) is 1.45. The molecule has 0 spiro atoms. The van der Waals surface area contributed by atoms with E-state index in [9.17, 15) is 5.11 Å². The first-order valence-electron chi connectivity index (χ1n) is 8.38. The molecule has 0 radical (unpaired) electrons. The molecule has 0 aliphatic heterocycles. The predicted octanol–water partition coefficient (Wildman–Crippen LogP) is 3.69. The summed E-state index contributed by atoms with van der Waals surface area (Å²) in [5.74, 6) is 1.20. The maximum atomic E-state index is 9.52. The summed E-state index contributed by atoms with van der Waals surface area (Å²) in [5, 5.41) is 13.3. The van der Waals surface area contributed by atoms with Crippen molar-refractivity contribution in [1.82, 2.24) is 5.32 Å². The van der Waals surface area contributed by atoms with E-state index in [1.165, 1.54) is 54.1 Å². The van der Waals surface area contributed by atoms with E-state index >= 15 is 0 Å². The summed E-state index contributed by atoms with van der Waals surface area (Å²) in [4.78, 5) is 0. The van der Waals surface area contributed by atoms with Gasteiger partial charge in [-0.2, -0.15) is 0 Å². The van der Waals surface area contributed by atoms with E-state index in [-0.39, 0.29) is 0 Å². The zero-order valence-electron chi connectivity index (χ0n) is 12.7. The Labute approximate surface area is 136 Å². The van der Waals surface area contributed by atoms with Crippen molar-refractivity contribution in [3.05, 3.63) is 33.8 Å². The fourth-order valence-electron chi connectivity index (χ4n) is 4.01.